The Morgan fingerprint density at radius 1 is 0.333 bits per heavy atom. The number of benzene rings is 6. The highest BCUT2D eigenvalue weighted by molar-refractivity contribution is 9.10. The maximum absolute atomic E-state index is 9.30. The molecule has 0 atom stereocenters. The second-order valence-electron chi connectivity index (χ2n) is 21.2. The first-order valence-corrected chi connectivity index (χ1v) is 27.8. The van der Waals surface area contributed by atoms with Crippen LogP contribution in [0.15, 0.2) is 130 Å². The van der Waals surface area contributed by atoms with E-state index in [1.165, 1.54) is 9.80 Å². The van der Waals surface area contributed by atoms with Crippen LogP contribution in [0.4, 0.5) is 34.1 Å². The number of hydrogen-bond acceptors (Lipinski definition) is 2. The van der Waals surface area contributed by atoms with Crippen molar-refractivity contribution in [2.75, 3.05) is 9.80 Å². The van der Waals surface area contributed by atoms with E-state index in [0.29, 0.717) is 56.9 Å². The zero-order chi connectivity index (χ0) is 83.9. The first-order valence-electron chi connectivity index (χ1n) is 44.2. The van der Waals surface area contributed by atoms with Crippen LogP contribution >= 0.6 is 31.9 Å². The lowest BCUT2D eigenvalue weighted by Gasteiger charge is -2.44. The third-order valence-electron chi connectivity index (χ3n) is 16.3. The van der Waals surface area contributed by atoms with Gasteiger partial charge in [0.25, 0.3) is 0 Å². The second-order valence-corrected chi connectivity index (χ2v) is 23.0. The largest absolute Gasteiger partial charge is 0.310 e. The molecule has 6 aromatic rings. The lowest BCUT2D eigenvalue weighted by molar-refractivity contribution is 0.125. The van der Waals surface area contributed by atoms with Crippen LogP contribution in [0.25, 0.3) is 11.1 Å². The minimum Gasteiger partial charge on any atom is -0.310 e. The first-order chi connectivity index (χ1) is 50.5. The molecule has 0 N–H and O–H groups in total. The Bertz CT molecular complexity index is 3990. The lowest BCUT2D eigenvalue weighted by atomic mass is 9.59. The molecule has 0 amide bonds. The molecular weight excluding hydrogens is 1040 g/mol. The van der Waals surface area contributed by atoms with Crippen molar-refractivity contribution in [3.8, 4) is 11.1 Å². The van der Waals surface area contributed by atoms with Gasteiger partial charge < -0.3 is 9.80 Å². The monoisotopic (exact) mass is 1160 g/mol. The number of unbranched alkanes of at least 4 members (excludes halogenated alkanes) is 10. The molecule has 0 fully saturated rings. The van der Waals surface area contributed by atoms with Crippen molar-refractivity contribution < 1.29 is 49.3 Å². The van der Waals surface area contributed by atoms with Gasteiger partial charge in [-0.15, -0.1) is 0 Å². The SMILES string of the molecule is [2H]C([2H])([2H])C1(C([2H])([2H])[2H])c2ccc(N(c3ccc(Br)cc3)c3ccc4c(c3)C(CCCCCCCC)(CCCCCCCC)c3cc(N(c5ccc(Br)cc5)c5ccc6c(c5)C(C([2H])([2H])[2H])(C([2H])([2H])[2H])C(C([2H])([2H])[2H])(C([2H])([2H])[2H])C6(C([2H])([2H])[2H])C([2H])([2H])[2H])ccc3-4)cc2C(C([2H])([2H])[2H])(C([2H])([2H])[2H])C1(C([2H])([2H])[2H])C([2H])([2H])[2H]. The third-order valence-corrected chi connectivity index (χ3v) is 17.4. The van der Waals surface area contributed by atoms with Crippen molar-refractivity contribution in [2.24, 2.45) is 10.8 Å². The highest BCUT2D eigenvalue weighted by atomic mass is 79.9. The van der Waals surface area contributed by atoms with E-state index in [1.807, 2.05) is 24.3 Å². The normalized spacial score (nSPS) is 27.4. The Hall–Kier alpha value is -4.12. The fourth-order valence-corrected chi connectivity index (χ4v) is 12.4. The van der Waals surface area contributed by atoms with Crippen LogP contribution in [0, 0.1) is 10.8 Å². The molecule has 3 aliphatic rings. The van der Waals surface area contributed by atoms with E-state index < -0.39 is 142 Å². The number of nitrogens with zero attached hydrogens (tertiary/aromatic N) is 2. The maximum atomic E-state index is 9.30. The molecule has 0 bridgehead atoms. The van der Waals surface area contributed by atoms with E-state index >= 15 is 0 Å². The molecule has 0 saturated heterocycles. The molecule has 0 saturated carbocycles. The minimum absolute atomic E-state index is 0.202. The summed E-state index contributed by atoms with van der Waals surface area (Å²) < 4.78 is 332. The molecule has 398 valence electrons. The summed E-state index contributed by atoms with van der Waals surface area (Å²) in [6.07, 6.45) is 10.8. The van der Waals surface area contributed by atoms with Crippen molar-refractivity contribution in [1.82, 2.24) is 0 Å². The van der Waals surface area contributed by atoms with Gasteiger partial charge in [0.1, 0.15) is 0 Å². The summed E-state index contributed by atoms with van der Waals surface area (Å²) in [7, 11) is 0. The number of fused-ring (bicyclic) bond motifs is 5. The van der Waals surface area contributed by atoms with E-state index in [2.05, 4.69) is 45.7 Å². The molecule has 0 unspecified atom stereocenters. The Kier molecular flexibility index (Phi) is 7.32. The standard InChI is InChI=1S/C71H90Br2N2/c1-15-17-19-21-23-25-43-71(44-26-24-22-20-18-16-2)61-45-53(74(51-31-27-49(72)28-32-51)55-37-41-59-63(47-55)67(7,8)69(11,12)65(59,3)4)35-39-57(61)58-40-36-54(46-62(58)71)75(52-33-29-50(73)30-34-52)56-38-42-60-64(48-56)68(9,10)70(13,14)66(60,5)6/h27-42,45-48H,15-26,43-44H2,1-14H3/i3D3,4D3,5D3,6D3,7D3,8D3,9D3,10D3,11D3,12D3,13D3,14D3. The van der Waals surface area contributed by atoms with Gasteiger partial charge >= 0.3 is 0 Å². The summed E-state index contributed by atoms with van der Waals surface area (Å²) >= 11 is 6.99. The third kappa shape index (κ3) is 9.32. The smallest absolute Gasteiger partial charge is 0.0465 e. The molecule has 3 aliphatic carbocycles. The Morgan fingerprint density at radius 2 is 0.640 bits per heavy atom. The highest BCUT2D eigenvalue weighted by Gasteiger charge is 2.58. The van der Waals surface area contributed by atoms with Crippen molar-refractivity contribution in [2.45, 2.75) is 213 Å². The fourth-order valence-electron chi connectivity index (χ4n) is 11.9. The van der Waals surface area contributed by atoms with Gasteiger partial charge in [0.05, 0.1) is 0 Å². The molecular formula is C71H90Br2N2. The van der Waals surface area contributed by atoms with Gasteiger partial charge in [0.15, 0.2) is 0 Å². The molecule has 0 aliphatic heterocycles. The Balaban J connectivity index is 1.42. The molecule has 2 nitrogen and oxygen atoms in total. The average Bonchev–Trinajstić information content (AvgIpc) is 1.46. The van der Waals surface area contributed by atoms with E-state index in [0.717, 1.165) is 101 Å². The van der Waals surface area contributed by atoms with Gasteiger partial charge in [-0.1, -0.05) is 229 Å². The highest BCUT2D eigenvalue weighted by Crippen LogP contribution is 2.64. The van der Waals surface area contributed by atoms with Crippen LogP contribution in [0.2, 0.25) is 0 Å². The first kappa shape index (κ1) is 26.2. The molecule has 4 heteroatoms. The van der Waals surface area contributed by atoms with Crippen molar-refractivity contribution in [3.05, 3.63) is 164 Å². The predicted molar refractivity (Wildman–Crippen MR) is 333 cm³/mol. The van der Waals surface area contributed by atoms with E-state index in [4.69, 9.17) is 16.4 Å². The van der Waals surface area contributed by atoms with Crippen molar-refractivity contribution in [3.63, 3.8) is 0 Å². The summed E-state index contributed by atoms with van der Waals surface area (Å²) in [5.74, 6) is 0. The van der Waals surface area contributed by atoms with Crippen LogP contribution in [0.3, 0.4) is 0 Å². The van der Waals surface area contributed by atoms with Crippen LogP contribution in [0.1, 0.15) is 269 Å². The Labute approximate surface area is 522 Å². The zero-order valence-corrected chi connectivity index (χ0v) is 45.8. The van der Waals surface area contributed by atoms with E-state index in [-0.39, 0.29) is 34.1 Å². The second kappa shape index (κ2) is 20.9. The van der Waals surface area contributed by atoms with Crippen molar-refractivity contribution >= 4 is 66.0 Å². The summed E-state index contributed by atoms with van der Waals surface area (Å²) in [6.45, 7) is -48.6. The number of anilines is 6. The molecule has 0 radical (unpaired) electrons. The molecule has 9 rings (SSSR count). The van der Waals surface area contributed by atoms with Crippen LogP contribution < -0.4 is 9.80 Å². The molecule has 0 aromatic heterocycles. The van der Waals surface area contributed by atoms with Gasteiger partial charge in [0, 0.05) is 97.8 Å². The van der Waals surface area contributed by atoms with Gasteiger partial charge in [-0.05, 0) is 187 Å². The summed E-state index contributed by atoms with van der Waals surface area (Å²) in [4.78, 5) is 3.06. The molecule has 75 heavy (non-hydrogen) atoms. The van der Waals surface area contributed by atoms with Gasteiger partial charge in [-0.25, -0.2) is 0 Å². The summed E-state index contributed by atoms with van der Waals surface area (Å²) in [5.41, 5.74) is -29.1. The van der Waals surface area contributed by atoms with Crippen molar-refractivity contribution in [1.29, 1.82) is 0 Å². The Morgan fingerprint density at radius 3 is 0.987 bits per heavy atom. The minimum atomic E-state index is -4.68. The topological polar surface area (TPSA) is 6.48 Å². The molecule has 0 spiro atoms. The van der Waals surface area contributed by atoms with Gasteiger partial charge in [-0.3, -0.25) is 0 Å². The quantitative estimate of drug-likeness (QED) is 0.0703. The zero-order valence-electron chi connectivity index (χ0n) is 78.6. The average molecular weight is 1170 g/mol. The summed E-state index contributed by atoms with van der Waals surface area (Å²) in [5, 5.41) is 0. The van der Waals surface area contributed by atoms with E-state index in [1.54, 1.807) is 60.7 Å². The number of rotatable bonds is 20. The van der Waals surface area contributed by atoms with Gasteiger partial charge in [-0.2, -0.15) is 0 Å². The van der Waals surface area contributed by atoms with E-state index in [9.17, 15) is 32.9 Å². The molecule has 0 heterocycles. The van der Waals surface area contributed by atoms with Crippen LogP contribution in [-0.4, -0.2) is 0 Å². The van der Waals surface area contributed by atoms with Gasteiger partial charge in [0.2, 0.25) is 0 Å². The number of hydrogen-bond donors (Lipinski definition) is 0. The predicted octanol–water partition coefficient (Wildman–Crippen LogP) is 23.1. The lowest BCUT2D eigenvalue weighted by Crippen LogP contribution is -2.42. The molecule has 6 aromatic carbocycles. The summed E-state index contributed by atoms with van der Waals surface area (Å²) in [6, 6.07) is 29.4. The maximum Gasteiger partial charge on any atom is 0.0465 e. The number of halogens is 2. The van der Waals surface area contributed by atoms with Crippen LogP contribution in [-0.2, 0) is 27.1 Å². The fraction of sp³-hybridized carbons (Fsp3) is 0.493. The van der Waals surface area contributed by atoms with Crippen LogP contribution in [0.5, 0.6) is 0 Å².